The molecule has 3 nitrogen and oxygen atoms in total. The fourth-order valence-electron chi connectivity index (χ4n) is 2.92. The molecular formula is C14H31ClN2O. The van der Waals surface area contributed by atoms with E-state index in [1.165, 1.54) is 69.4 Å². The first-order valence-corrected chi connectivity index (χ1v) is 7.32. The number of methoxy groups -OCH3 is 1. The number of ether oxygens (including phenoxy) is 1. The third kappa shape index (κ3) is 5.87. The topological polar surface area (TPSA) is 12.5 Å². The van der Waals surface area contributed by atoms with Gasteiger partial charge < -0.3 is 26.5 Å². The van der Waals surface area contributed by atoms with Crippen LogP contribution in [0.15, 0.2) is 0 Å². The lowest BCUT2D eigenvalue weighted by Crippen LogP contribution is -3.00. The van der Waals surface area contributed by atoms with Gasteiger partial charge in [0, 0.05) is 20.0 Å². The molecule has 2 aliphatic rings. The van der Waals surface area contributed by atoms with Crippen molar-refractivity contribution in [1.82, 2.24) is 4.90 Å². The second kappa shape index (κ2) is 10.0. The van der Waals surface area contributed by atoms with Gasteiger partial charge in [0.25, 0.3) is 0 Å². The van der Waals surface area contributed by atoms with Crippen LogP contribution in [0.1, 0.15) is 39.5 Å². The van der Waals surface area contributed by atoms with Crippen molar-refractivity contribution in [2.75, 3.05) is 53.1 Å². The molecule has 4 heteroatoms. The van der Waals surface area contributed by atoms with E-state index in [1.807, 2.05) is 0 Å². The Labute approximate surface area is 119 Å². The number of halogens is 1. The van der Waals surface area contributed by atoms with E-state index in [0.717, 1.165) is 6.73 Å². The SMILES string of the molecule is CCN1CCCC1.CC[N+]1(COC)CCCC1.[Cl-]. The Morgan fingerprint density at radius 2 is 1.56 bits per heavy atom. The third-order valence-corrected chi connectivity index (χ3v) is 4.23. The van der Waals surface area contributed by atoms with Crippen molar-refractivity contribution in [3.8, 4) is 0 Å². The fraction of sp³-hybridized carbons (Fsp3) is 1.00. The van der Waals surface area contributed by atoms with Crippen LogP contribution in [0.3, 0.4) is 0 Å². The quantitative estimate of drug-likeness (QED) is 0.633. The molecule has 2 fully saturated rings. The summed E-state index contributed by atoms with van der Waals surface area (Å²) in [5.74, 6) is 0. The second-order valence-electron chi connectivity index (χ2n) is 5.37. The first-order valence-electron chi connectivity index (χ1n) is 7.32. The smallest absolute Gasteiger partial charge is 0.182 e. The van der Waals surface area contributed by atoms with Crippen molar-refractivity contribution in [2.45, 2.75) is 39.5 Å². The standard InChI is InChI=1S/C8H18NO.C6H13N.ClH/c1-3-9(8-10-2)6-4-5-7-9;1-2-7-5-3-4-6-7;/h3-8H2,1-2H3;2-6H2,1H3;1H/q+1;;/p-1. The molecule has 0 atom stereocenters. The summed E-state index contributed by atoms with van der Waals surface area (Å²) in [7, 11) is 1.80. The van der Waals surface area contributed by atoms with Gasteiger partial charge in [0.1, 0.15) is 0 Å². The molecule has 0 aromatic carbocycles. The highest BCUT2D eigenvalue weighted by Crippen LogP contribution is 2.18. The van der Waals surface area contributed by atoms with Crippen LogP contribution in [0.5, 0.6) is 0 Å². The van der Waals surface area contributed by atoms with E-state index in [4.69, 9.17) is 4.74 Å². The van der Waals surface area contributed by atoms with Crippen molar-refractivity contribution in [3.05, 3.63) is 0 Å². The van der Waals surface area contributed by atoms with Gasteiger partial charge in [-0.05, 0) is 39.4 Å². The highest BCUT2D eigenvalue weighted by molar-refractivity contribution is 4.62. The molecular weight excluding hydrogens is 248 g/mol. The zero-order valence-electron chi connectivity index (χ0n) is 12.5. The molecule has 18 heavy (non-hydrogen) atoms. The minimum Gasteiger partial charge on any atom is -1.00 e. The number of nitrogens with zero attached hydrogens (tertiary/aromatic N) is 2. The van der Waals surface area contributed by atoms with Crippen LogP contribution in [0.4, 0.5) is 0 Å². The summed E-state index contributed by atoms with van der Waals surface area (Å²) in [5.41, 5.74) is 0. The van der Waals surface area contributed by atoms with Gasteiger partial charge in [0.15, 0.2) is 6.73 Å². The third-order valence-electron chi connectivity index (χ3n) is 4.23. The van der Waals surface area contributed by atoms with Crippen molar-refractivity contribution >= 4 is 0 Å². The number of rotatable bonds is 4. The summed E-state index contributed by atoms with van der Waals surface area (Å²) in [6.45, 7) is 13.2. The molecule has 0 radical (unpaired) electrons. The largest absolute Gasteiger partial charge is 1.00 e. The maximum Gasteiger partial charge on any atom is 0.182 e. The maximum absolute atomic E-state index is 5.19. The minimum absolute atomic E-state index is 0. The fourth-order valence-corrected chi connectivity index (χ4v) is 2.92. The molecule has 2 aliphatic heterocycles. The average Bonchev–Trinajstić information content (AvgIpc) is 3.01. The van der Waals surface area contributed by atoms with Gasteiger partial charge >= 0.3 is 0 Å². The maximum atomic E-state index is 5.19. The Hall–Kier alpha value is 0.170. The minimum atomic E-state index is 0. The Morgan fingerprint density at radius 1 is 1.00 bits per heavy atom. The van der Waals surface area contributed by atoms with E-state index >= 15 is 0 Å². The Kier molecular flexibility index (Phi) is 10.1. The molecule has 2 saturated heterocycles. The first kappa shape index (κ1) is 18.2. The van der Waals surface area contributed by atoms with E-state index in [2.05, 4.69) is 18.7 Å². The van der Waals surface area contributed by atoms with Crippen LogP contribution in [0.25, 0.3) is 0 Å². The van der Waals surface area contributed by atoms with Crippen molar-refractivity contribution in [2.24, 2.45) is 0 Å². The Morgan fingerprint density at radius 3 is 1.89 bits per heavy atom. The summed E-state index contributed by atoms with van der Waals surface area (Å²) in [6, 6.07) is 0. The molecule has 0 unspecified atom stereocenters. The van der Waals surface area contributed by atoms with E-state index < -0.39 is 0 Å². The van der Waals surface area contributed by atoms with Crippen LogP contribution in [-0.4, -0.2) is 62.5 Å². The van der Waals surface area contributed by atoms with Crippen molar-refractivity contribution in [3.63, 3.8) is 0 Å². The van der Waals surface area contributed by atoms with Gasteiger partial charge in [-0.2, -0.15) is 0 Å². The molecule has 110 valence electrons. The number of likely N-dealkylation sites (tertiary alicyclic amines) is 2. The lowest BCUT2D eigenvalue weighted by molar-refractivity contribution is -0.932. The summed E-state index contributed by atoms with van der Waals surface area (Å²) in [5, 5.41) is 0. The lowest BCUT2D eigenvalue weighted by atomic mass is 10.4. The number of hydrogen-bond acceptors (Lipinski definition) is 2. The molecule has 0 N–H and O–H groups in total. The predicted octanol–water partition coefficient (Wildman–Crippen LogP) is -0.673. The van der Waals surface area contributed by atoms with E-state index in [1.54, 1.807) is 7.11 Å². The van der Waals surface area contributed by atoms with Crippen LogP contribution >= 0.6 is 0 Å². The van der Waals surface area contributed by atoms with Gasteiger partial charge in [0.05, 0.1) is 19.6 Å². The number of hydrogen-bond donors (Lipinski definition) is 0. The molecule has 2 rings (SSSR count). The molecule has 0 aromatic rings. The molecule has 0 aromatic heterocycles. The summed E-state index contributed by atoms with van der Waals surface area (Å²) < 4.78 is 6.38. The van der Waals surface area contributed by atoms with Crippen molar-refractivity contribution < 1.29 is 21.6 Å². The van der Waals surface area contributed by atoms with Gasteiger partial charge in [0.2, 0.25) is 0 Å². The first-order chi connectivity index (χ1) is 8.26. The van der Waals surface area contributed by atoms with Crippen LogP contribution < -0.4 is 12.4 Å². The Bertz CT molecular complexity index is 190. The van der Waals surface area contributed by atoms with E-state index in [0.29, 0.717) is 0 Å². The zero-order valence-corrected chi connectivity index (χ0v) is 13.2. The summed E-state index contributed by atoms with van der Waals surface area (Å²) >= 11 is 0. The number of quaternary nitrogens is 1. The molecule has 0 spiro atoms. The van der Waals surface area contributed by atoms with Crippen LogP contribution in [0.2, 0.25) is 0 Å². The highest BCUT2D eigenvalue weighted by Gasteiger charge is 2.29. The molecule has 0 saturated carbocycles. The van der Waals surface area contributed by atoms with E-state index in [-0.39, 0.29) is 12.4 Å². The molecule has 2 heterocycles. The summed E-state index contributed by atoms with van der Waals surface area (Å²) in [6.07, 6.45) is 5.62. The zero-order chi connectivity index (χ0) is 12.6. The van der Waals surface area contributed by atoms with E-state index in [9.17, 15) is 0 Å². The molecule has 0 amide bonds. The normalized spacial score (nSPS) is 22.2. The van der Waals surface area contributed by atoms with Gasteiger partial charge in [-0.1, -0.05) is 6.92 Å². The summed E-state index contributed by atoms with van der Waals surface area (Å²) in [4.78, 5) is 2.49. The highest BCUT2D eigenvalue weighted by atomic mass is 35.5. The molecule has 0 aliphatic carbocycles. The molecule has 0 bridgehead atoms. The van der Waals surface area contributed by atoms with Gasteiger partial charge in [-0.15, -0.1) is 0 Å². The lowest BCUT2D eigenvalue weighted by Gasteiger charge is -2.31. The van der Waals surface area contributed by atoms with Crippen molar-refractivity contribution in [1.29, 1.82) is 0 Å². The van der Waals surface area contributed by atoms with Crippen LogP contribution in [0, 0.1) is 0 Å². The monoisotopic (exact) mass is 278 g/mol. The predicted molar refractivity (Wildman–Crippen MR) is 73.0 cm³/mol. The van der Waals surface area contributed by atoms with Gasteiger partial charge in [-0.3, -0.25) is 0 Å². The second-order valence-corrected chi connectivity index (χ2v) is 5.37. The van der Waals surface area contributed by atoms with Crippen LogP contribution in [-0.2, 0) is 4.74 Å². The van der Waals surface area contributed by atoms with Gasteiger partial charge in [-0.25, -0.2) is 0 Å². The average molecular weight is 279 g/mol. The Balaban J connectivity index is 0.000000321.